The highest BCUT2D eigenvalue weighted by Crippen LogP contribution is 2.23. The Morgan fingerprint density at radius 3 is 2.94 bits per heavy atom. The van der Waals surface area contributed by atoms with Crippen molar-refractivity contribution in [1.29, 1.82) is 0 Å². The van der Waals surface area contributed by atoms with Gasteiger partial charge in [0.1, 0.15) is 0 Å². The molecule has 1 fully saturated rings. The highest BCUT2D eigenvalue weighted by molar-refractivity contribution is 7.11. The second-order valence-electron chi connectivity index (χ2n) is 4.32. The fourth-order valence-corrected chi connectivity index (χ4v) is 3.19. The van der Waals surface area contributed by atoms with Crippen LogP contribution >= 0.6 is 11.3 Å². The van der Waals surface area contributed by atoms with Crippen LogP contribution in [0.2, 0.25) is 0 Å². The van der Waals surface area contributed by atoms with E-state index in [-0.39, 0.29) is 0 Å². The molecule has 2 heterocycles. The maximum atomic E-state index is 5.64. The first-order valence-corrected chi connectivity index (χ1v) is 6.76. The van der Waals surface area contributed by atoms with Crippen LogP contribution in [0, 0.1) is 5.92 Å². The van der Waals surface area contributed by atoms with Gasteiger partial charge in [-0.2, -0.15) is 0 Å². The summed E-state index contributed by atoms with van der Waals surface area (Å²) >= 11 is 1.90. The average molecular weight is 240 g/mol. The van der Waals surface area contributed by atoms with Crippen molar-refractivity contribution in [3.63, 3.8) is 0 Å². The standard InChI is InChI=1S/C12H20N2OS/c1-2-10-3-4-11(16-10)7-12(14-13)9-5-6-15-8-9/h3-4,9,12,14H,2,5-8,13H2,1H3. The van der Waals surface area contributed by atoms with Gasteiger partial charge in [-0.05, 0) is 31.4 Å². The number of hydrazine groups is 1. The predicted molar refractivity (Wildman–Crippen MR) is 67.4 cm³/mol. The fourth-order valence-electron chi connectivity index (χ4n) is 2.17. The molecule has 1 aliphatic heterocycles. The smallest absolute Gasteiger partial charge is 0.0510 e. The molecule has 2 atom stereocenters. The third kappa shape index (κ3) is 2.83. The SMILES string of the molecule is CCc1ccc(CC(NN)C2CCOC2)s1. The summed E-state index contributed by atoms with van der Waals surface area (Å²) in [4.78, 5) is 2.88. The summed E-state index contributed by atoms with van der Waals surface area (Å²) in [5, 5.41) is 0. The van der Waals surface area contributed by atoms with E-state index in [1.807, 2.05) is 11.3 Å². The Kier molecular flexibility index (Phi) is 4.35. The van der Waals surface area contributed by atoms with Gasteiger partial charge < -0.3 is 4.74 Å². The van der Waals surface area contributed by atoms with Gasteiger partial charge in [0.25, 0.3) is 0 Å². The quantitative estimate of drug-likeness (QED) is 0.608. The van der Waals surface area contributed by atoms with E-state index in [2.05, 4.69) is 24.5 Å². The lowest BCUT2D eigenvalue weighted by atomic mass is 9.96. The van der Waals surface area contributed by atoms with E-state index < -0.39 is 0 Å². The molecule has 0 saturated carbocycles. The van der Waals surface area contributed by atoms with Crippen molar-refractivity contribution in [2.75, 3.05) is 13.2 Å². The van der Waals surface area contributed by atoms with Crippen LogP contribution in [0.1, 0.15) is 23.1 Å². The van der Waals surface area contributed by atoms with Crippen molar-refractivity contribution in [1.82, 2.24) is 5.43 Å². The molecule has 0 amide bonds. The van der Waals surface area contributed by atoms with E-state index >= 15 is 0 Å². The summed E-state index contributed by atoms with van der Waals surface area (Å²) in [5.74, 6) is 6.21. The highest BCUT2D eigenvalue weighted by atomic mass is 32.1. The van der Waals surface area contributed by atoms with Crippen LogP contribution in [-0.2, 0) is 17.6 Å². The van der Waals surface area contributed by atoms with E-state index in [0.29, 0.717) is 12.0 Å². The second-order valence-corrected chi connectivity index (χ2v) is 5.58. The lowest BCUT2D eigenvalue weighted by molar-refractivity contribution is 0.176. The number of ether oxygens (including phenoxy) is 1. The van der Waals surface area contributed by atoms with Crippen molar-refractivity contribution in [2.24, 2.45) is 11.8 Å². The van der Waals surface area contributed by atoms with E-state index in [4.69, 9.17) is 10.6 Å². The summed E-state index contributed by atoms with van der Waals surface area (Å²) in [6.45, 7) is 3.92. The van der Waals surface area contributed by atoms with Gasteiger partial charge in [-0.1, -0.05) is 6.92 Å². The van der Waals surface area contributed by atoms with E-state index in [9.17, 15) is 0 Å². The molecule has 1 saturated heterocycles. The third-order valence-corrected chi connectivity index (χ3v) is 4.49. The van der Waals surface area contributed by atoms with Gasteiger partial charge in [-0.15, -0.1) is 11.3 Å². The first kappa shape index (κ1) is 12.0. The number of thiophene rings is 1. The van der Waals surface area contributed by atoms with Gasteiger partial charge in [0.15, 0.2) is 0 Å². The van der Waals surface area contributed by atoms with Crippen molar-refractivity contribution in [2.45, 2.75) is 32.2 Å². The molecule has 0 radical (unpaired) electrons. The Morgan fingerprint density at radius 1 is 1.56 bits per heavy atom. The summed E-state index contributed by atoms with van der Waals surface area (Å²) in [6, 6.07) is 4.80. The third-order valence-electron chi connectivity index (χ3n) is 3.23. The number of hydrogen-bond acceptors (Lipinski definition) is 4. The molecule has 0 bridgehead atoms. The molecule has 0 aromatic carbocycles. The number of hydrogen-bond donors (Lipinski definition) is 2. The zero-order chi connectivity index (χ0) is 11.4. The number of nitrogens with one attached hydrogen (secondary N) is 1. The lowest BCUT2D eigenvalue weighted by Crippen LogP contribution is -2.42. The molecule has 2 rings (SSSR count). The maximum Gasteiger partial charge on any atom is 0.0510 e. The van der Waals surface area contributed by atoms with Crippen molar-refractivity contribution in [3.05, 3.63) is 21.9 Å². The Bertz CT molecular complexity index is 321. The minimum Gasteiger partial charge on any atom is -0.381 e. The average Bonchev–Trinajstić information content (AvgIpc) is 2.96. The molecule has 1 aliphatic rings. The van der Waals surface area contributed by atoms with E-state index in [1.165, 1.54) is 9.75 Å². The van der Waals surface area contributed by atoms with Crippen LogP contribution < -0.4 is 11.3 Å². The minimum atomic E-state index is 0.353. The van der Waals surface area contributed by atoms with Gasteiger partial charge in [-0.25, -0.2) is 0 Å². The van der Waals surface area contributed by atoms with Gasteiger partial charge in [0.05, 0.1) is 6.61 Å². The largest absolute Gasteiger partial charge is 0.381 e. The summed E-state index contributed by atoms with van der Waals surface area (Å²) in [5.41, 5.74) is 2.95. The maximum absolute atomic E-state index is 5.64. The van der Waals surface area contributed by atoms with Crippen molar-refractivity contribution >= 4 is 11.3 Å². The number of rotatable bonds is 5. The van der Waals surface area contributed by atoms with Gasteiger partial charge in [0, 0.05) is 28.3 Å². The lowest BCUT2D eigenvalue weighted by Gasteiger charge is -2.20. The second kappa shape index (κ2) is 5.77. The first-order chi connectivity index (χ1) is 7.83. The van der Waals surface area contributed by atoms with Gasteiger partial charge in [0.2, 0.25) is 0 Å². The van der Waals surface area contributed by atoms with Crippen LogP contribution in [0.5, 0.6) is 0 Å². The molecule has 1 aromatic heterocycles. The zero-order valence-electron chi connectivity index (χ0n) is 9.74. The predicted octanol–water partition coefficient (Wildman–Crippen LogP) is 1.72. The molecular weight excluding hydrogens is 220 g/mol. The molecule has 16 heavy (non-hydrogen) atoms. The molecule has 3 nitrogen and oxygen atoms in total. The minimum absolute atomic E-state index is 0.353. The van der Waals surface area contributed by atoms with Crippen LogP contribution in [-0.4, -0.2) is 19.3 Å². The summed E-state index contributed by atoms with van der Waals surface area (Å²) < 4.78 is 5.41. The molecular formula is C12H20N2OS. The first-order valence-electron chi connectivity index (χ1n) is 5.95. The Morgan fingerprint density at radius 2 is 2.38 bits per heavy atom. The monoisotopic (exact) mass is 240 g/mol. The topological polar surface area (TPSA) is 47.3 Å². The van der Waals surface area contributed by atoms with Crippen molar-refractivity contribution < 1.29 is 4.74 Å². The highest BCUT2D eigenvalue weighted by Gasteiger charge is 2.25. The molecule has 4 heteroatoms. The molecule has 3 N–H and O–H groups in total. The van der Waals surface area contributed by atoms with Gasteiger partial charge >= 0.3 is 0 Å². The number of aryl methyl sites for hydroxylation is 1. The van der Waals surface area contributed by atoms with Crippen LogP contribution in [0.3, 0.4) is 0 Å². The molecule has 1 aromatic rings. The molecule has 90 valence electrons. The molecule has 0 aliphatic carbocycles. The number of nitrogens with two attached hydrogens (primary N) is 1. The molecule has 2 unspecified atom stereocenters. The normalized spacial score (nSPS) is 22.5. The summed E-state index contributed by atoms with van der Waals surface area (Å²) in [7, 11) is 0. The Labute approximate surface area is 101 Å². The zero-order valence-corrected chi connectivity index (χ0v) is 10.6. The van der Waals surface area contributed by atoms with E-state index in [0.717, 1.165) is 32.5 Å². The summed E-state index contributed by atoms with van der Waals surface area (Å²) in [6.07, 6.45) is 3.27. The van der Waals surface area contributed by atoms with Crippen LogP contribution in [0.25, 0.3) is 0 Å². The van der Waals surface area contributed by atoms with Crippen LogP contribution in [0.15, 0.2) is 12.1 Å². The Hall–Kier alpha value is -0.420. The Balaban J connectivity index is 1.94. The van der Waals surface area contributed by atoms with E-state index in [1.54, 1.807) is 0 Å². The fraction of sp³-hybridized carbons (Fsp3) is 0.667. The van der Waals surface area contributed by atoms with Crippen molar-refractivity contribution in [3.8, 4) is 0 Å². The van der Waals surface area contributed by atoms with Crippen LogP contribution in [0.4, 0.5) is 0 Å². The molecule has 0 spiro atoms. The van der Waals surface area contributed by atoms with Gasteiger partial charge in [-0.3, -0.25) is 11.3 Å².